The van der Waals surface area contributed by atoms with E-state index in [9.17, 15) is 0 Å². The number of hydrogen-bond donors (Lipinski definition) is 2. The van der Waals surface area contributed by atoms with Crippen LogP contribution in [0.3, 0.4) is 0 Å². The van der Waals surface area contributed by atoms with Gasteiger partial charge in [-0.2, -0.15) is 0 Å². The van der Waals surface area contributed by atoms with Crippen LogP contribution in [0.15, 0.2) is 11.4 Å². The molecule has 0 saturated carbocycles. The van der Waals surface area contributed by atoms with E-state index in [2.05, 4.69) is 0 Å². The zero-order chi connectivity index (χ0) is 9.14. The van der Waals surface area contributed by atoms with Crippen LogP contribution < -0.4 is 11.6 Å². The Balaban J connectivity index is 2.72. The number of halogens is 1. The molecule has 0 aliphatic carbocycles. The van der Waals surface area contributed by atoms with Crippen molar-refractivity contribution in [2.24, 2.45) is 17.5 Å². The first-order valence-corrected chi connectivity index (χ1v) is 4.31. The molecule has 1 aliphatic heterocycles. The second-order valence-electron chi connectivity index (χ2n) is 2.89. The molecule has 0 radical (unpaired) electrons. The largest absolute Gasteiger partial charge is 0.400 e. The molecule has 70 valence electrons. The van der Waals surface area contributed by atoms with E-state index in [1.165, 1.54) is 5.01 Å². The van der Waals surface area contributed by atoms with E-state index in [4.69, 9.17) is 27.9 Å². The van der Waals surface area contributed by atoms with Gasteiger partial charge in [-0.15, -0.1) is 11.6 Å². The number of allylic oxidation sites excluding steroid dienone is 1. The third-order valence-corrected chi connectivity index (χ3v) is 2.17. The summed E-state index contributed by atoms with van der Waals surface area (Å²) in [6, 6.07) is 0. The average Bonchev–Trinajstić information content (AvgIpc) is 1.94. The van der Waals surface area contributed by atoms with E-state index in [1.807, 2.05) is 0 Å². The summed E-state index contributed by atoms with van der Waals surface area (Å²) in [4.78, 5) is 0. The lowest BCUT2D eigenvalue weighted by atomic mass is 10.0. The fourth-order valence-electron chi connectivity index (χ4n) is 1.24. The number of ether oxygens (including phenoxy) is 1. The highest BCUT2D eigenvalue weighted by Crippen LogP contribution is 2.22. The first-order valence-electron chi connectivity index (χ1n) is 3.77. The monoisotopic (exact) mass is 191 g/mol. The first kappa shape index (κ1) is 9.64. The van der Waals surface area contributed by atoms with E-state index in [0.29, 0.717) is 30.7 Å². The van der Waals surface area contributed by atoms with Gasteiger partial charge in [-0.1, -0.05) is 0 Å². The maximum absolute atomic E-state index is 5.70. The van der Waals surface area contributed by atoms with Crippen molar-refractivity contribution in [1.82, 2.24) is 5.01 Å². The van der Waals surface area contributed by atoms with Crippen LogP contribution in [0.25, 0.3) is 0 Å². The molecular weight excluding hydrogens is 178 g/mol. The molecular formula is C7H14ClN3O. The number of alkyl halides is 1. The Bertz CT molecular complexity index is 189. The van der Waals surface area contributed by atoms with Gasteiger partial charge in [0, 0.05) is 18.7 Å². The summed E-state index contributed by atoms with van der Waals surface area (Å²) in [5.41, 5.74) is 7.23. The molecule has 0 aromatic rings. The van der Waals surface area contributed by atoms with Gasteiger partial charge >= 0.3 is 0 Å². The van der Waals surface area contributed by atoms with Crippen LogP contribution in [-0.2, 0) is 4.74 Å². The lowest BCUT2D eigenvalue weighted by Gasteiger charge is -2.33. The number of hydrogen-bond acceptors (Lipinski definition) is 4. The summed E-state index contributed by atoms with van der Waals surface area (Å²) < 4.78 is 5.05. The first-order chi connectivity index (χ1) is 5.66. The van der Waals surface area contributed by atoms with Crippen molar-refractivity contribution in [3.8, 4) is 0 Å². The summed E-state index contributed by atoms with van der Waals surface area (Å²) in [5.74, 6) is 6.24. The fraction of sp³-hybridized carbons (Fsp3) is 0.714. The minimum atomic E-state index is 0.313. The highest BCUT2D eigenvalue weighted by Gasteiger charge is 2.26. The molecule has 4 N–H and O–H groups in total. The minimum absolute atomic E-state index is 0.313. The molecule has 12 heavy (non-hydrogen) atoms. The van der Waals surface area contributed by atoms with Gasteiger partial charge in [0.2, 0.25) is 0 Å². The molecule has 0 aromatic carbocycles. The van der Waals surface area contributed by atoms with Crippen LogP contribution >= 0.6 is 11.6 Å². The third-order valence-electron chi connectivity index (χ3n) is 1.88. The predicted octanol–water partition coefficient (Wildman–Crippen LogP) is -0.153. The van der Waals surface area contributed by atoms with Crippen LogP contribution in [-0.4, -0.2) is 31.2 Å². The topological polar surface area (TPSA) is 64.5 Å². The summed E-state index contributed by atoms with van der Waals surface area (Å²) in [7, 11) is 1.76. The quantitative estimate of drug-likeness (QED) is 0.370. The van der Waals surface area contributed by atoms with Gasteiger partial charge in [0.25, 0.3) is 0 Å². The van der Waals surface area contributed by atoms with Crippen molar-refractivity contribution in [3.63, 3.8) is 0 Å². The molecule has 1 fully saturated rings. The normalized spacial score (nSPS) is 19.9. The van der Waals surface area contributed by atoms with Crippen molar-refractivity contribution < 1.29 is 4.74 Å². The van der Waals surface area contributed by atoms with Gasteiger partial charge in [-0.25, -0.2) is 5.84 Å². The molecule has 0 atom stereocenters. The van der Waals surface area contributed by atoms with E-state index in [0.717, 1.165) is 5.70 Å². The van der Waals surface area contributed by atoms with Gasteiger partial charge in [0.05, 0.1) is 24.8 Å². The number of hydrazine groups is 1. The average molecular weight is 192 g/mol. The maximum Gasteiger partial charge on any atom is 0.0638 e. The Morgan fingerprint density at radius 3 is 2.50 bits per heavy atom. The Morgan fingerprint density at radius 2 is 2.25 bits per heavy atom. The molecule has 4 nitrogen and oxygen atoms in total. The molecule has 0 bridgehead atoms. The summed E-state index contributed by atoms with van der Waals surface area (Å²) in [6.45, 7) is 1.38. The number of rotatable bonds is 3. The highest BCUT2D eigenvalue weighted by molar-refractivity contribution is 6.19. The van der Waals surface area contributed by atoms with E-state index < -0.39 is 0 Å². The van der Waals surface area contributed by atoms with Crippen molar-refractivity contribution in [1.29, 1.82) is 0 Å². The SMILES string of the molecule is CN(N)/C(=C(\N)CCl)C1COC1. The highest BCUT2D eigenvalue weighted by atomic mass is 35.5. The third kappa shape index (κ3) is 1.83. The number of nitrogens with two attached hydrogens (primary N) is 2. The van der Waals surface area contributed by atoms with Gasteiger partial charge in [-0.05, 0) is 0 Å². The van der Waals surface area contributed by atoms with Crippen molar-refractivity contribution >= 4 is 11.6 Å². The molecule has 5 heteroatoms. The van der Waals surface area contributed by atoms with Gasteiger partial charge in [0.1, 0.15) is 0 Å². The summed E-state index contributed by atoms with van der Waals surface area (Å²) in [6.07, 6.45) is 0. The second-order valence-corrected chi connectivity index (χ2v) is 3.16. The van der Waals surface area contributed by atoms with Gasteiger partial charge in [0.15, 0.2) is 0 Å². The maximum atomic E-state index is 5.70. The van der Waals surface area contributed by atoms with E-state index >= 15 is 0 Å². The van der Waals surface area contributed by atoms with Crippen molar-refractivity contribution in [3.05, 3.63) is 11.4 Å². The molecule has 1 aliphatic rings. The van der Waals surface area contributed by atoms with Gasteiger partial charge in [-0.3, -0.25) is 0 Å². The molecule has 0 unspecified atom stereocenters. The Morgan fingerprint density at radius 1 is 1.67 bits per heavy atom. The van der Waals surface area contributed by atoms with Crippen molar-refractivity contribution in [2.45, 2.75) is 0 Å². The minimum Gasteiger partial charge on any atom is -0.400 e. The summed E-state index contributed by atoms with van der Waals surface area (Å²) in [5, 5.41) is 1.52. The number of nitrogens with zero attached hydrogens (tertiary/aromatic N) is 1. The predicted molar refractivity (Wildman–Crippen MR) is 48.2 cm³/mol. The van der Waals surface area contributed by atoms with E-state index in [1.54, 1.807) is 7.05 Å². The molecule has 1 saturated heterocycles. The lowest BCUT2D eigenvalue weighted by molar-refractivity contribution is -0.0247. The van der Waals surface area contributed by atoms with Crippen LogP contribution in [0, 0.1) is 5.92 Å². The zero-order valence-corrected chi connectivity index (χ0v) is 7.84. The lowest BCUT2D eigenvalue weighted by Crippen LogP contribution is -2.41. The van der Waals surface area contributed by atoms with Crippen LogP contribution in [0.2, 0.25) is 0 Å². The second kappa shape index (κ2) is 3.98. The smallest absolute Gasteiger partial charge is 0.0638 e. The van der Waals surface area contributed by atoms with E-state index in [-0.39, 0.29) is 0 Å². The van der Waals surface area contributed by atoms with Crippen LogP contribution in [0.5, 0.6) is 0 Å². The standard InChI is InChI=1S/C7H14ClN3O/c1-11(10)7(6(9)2-8)5-3-12-4-5/h5H,2-4,9-10H2,1H3/b7-6-. The molecule has 1 heterocycles. The molecule has 0 aromatic heterocycles. The zero-order valence-electron chi connectivity index (χ0n) is 7.09. The molecule has 1 rings (SSSR count). The molecule has 0 spiro atoms. The fourth-order valence-corrected chi connectivity index (χ4v) is 1.38. The van der Waals surface area contributed by atoms with Crippen molar-refractivity contribution in [2.75, 3.05) is 26.1 Å². The van der Waals surface area contributed by atoms with Gasteiger partial charge < -0.3 is 15.5 Å². The molecule has 0 amide bonds. The summed E-state index contributed by atoms with van der Waals surface area (Å²) >= 11 is 5.61. The Hall–Kier alpha value is -0.450. The van der Waals surface area contributed by atoms with Crippen LogP contribution in [0.4, 0.5) is 0 Å². The Kier molecular flexibility index (Phi) is 3.20. The Labute approximate surface area is 77.1 Å². The van der Waals surface area contributed by atoms with Crippen LogP contribution in [0.1, 0.15) is 0 Å².